The van der Waals surface area contributed by atoms with Crippen LogP contribution in [-0.2, 0) is 0 Å². The fraction of sp³-hybridized carbons (Fsp3) is 0.833. The molecule has 2 heteroatoms. The van der Waals surface area contributed by atoms with Gasteiger partial charge in [0.05, 0.1) is 0 Å². The maximum atomic E-state index is 12.9. The van der Waals surface area contributed by atoms with E-state index >= 15 is 0 Å². The molecule has 8 heavy (non-hydrogen) atoms. The summed E-state index contributed by atoms with van der Waals surface area (Å²) in [7, 11) is 0. The molecule has 0 aromatic carbocycles. The molecule has 1 fully saturated rings. The molecule has 1 aliphatic carbocycles. The van der Waals surface area contributed by atoms with Crippen LogP contribution in [0.1, 0.15) is 26.2 Å². The molecule has 0 bridgehead atoms. The smallest absolute Gasteiger partial charge is 0.141 e. The largest absolute Gasteiger partial charge is 0.238 e. The Kier molecular flexibility index (Phi) is 1.35. The minimum Gasteiger partial charge on any atom is -0.238 e. The zero-order valence-corrected chi connectivity index (χ0v) is 5.72. The Morgan fingerprint density at radius 3 is 2.12 bits per heavy atom. The maximum absolute atomic E-state index is 12.9. The van der Waals surface area contributed by atoms with Gasteiger partial charge >= 0.3 is 0 Å². The third-order valence-corrected chi connectivity index (χ3v) is 2.14. The van der Waals surface area contributed by atoms with Gasteiger partial charge in [-0.15, -0.1) is 0 Å². The number of rotatable bonds is 1. The van der Waals surface area contributed by atoms with Gasteiger partial charge in [0, 0.05) is 4.86 Å². The van der Waals surface area contributed by atoms with Gasteiger partial charge in [0.15, 0.2) is 0 Å². The van der Waals surface area contributed by atoms with Crippen molar-refractivity contribution in [3.05, 3.63) is 0 Å². The van der Waals surface area contributed by atoms with E-state index in [0.29, 0.717) is 17.7 Å². The minimum absolute atomic E-state index is 0.531. The summed E-state index contributed by atoms with van der Waals surface area (Å²) < 4.78 is 12.9. The molecule has 0 atom stereocenters. The SMILES string of the molecule is CC(=S)C1(F)CCC1. The summed E-state index contributed by atoms with van der Waals surface area (Å²) in [6.45, 7) is 1.69. The highest BCUT2D eigenvalue weighted by atomic mass is 32.1. The molecule has 0 aromatic rings. The molecular formula is C6H9FS. The van der Waals surface area contributed by atoms with Crippen LogP contribution in [0, 0.1) is 0 Å². The molecule has 0 aliphatic heterocycles. The number of hydrogen-bond donors (Lipinski definition) is 0. The van der Waals surface area contributed by atoms with Crippen LogP contribution in [0.3, 0.4) is 0 Å². The van der Waals surface area contributed by atoms with E-state index in [4.69, 9.17) is 12.2 Å². The van der Waals surface area contributed by atoms with Crippen molar-refractivity contribution in [2.75, 3.05) is 0 Å². The topological polar surface area (TPSA) is 0 Å². The van der Waals surface area contributed by atoms with Gasteiger partial charge in [0.25, 0.3) is 0 Å². The third kappa shape index (κ3) is 0.772. The Morgan fingerprint density at radius 1 is 1.62 bits per heavy atom. The minimum atomic E-state index is -1.05. The number of alkyl halides is 1. The first-order valence-electron chi connectivity index (χ1n) is 2.85. The molecule has 0 unspecified atom stereocenters. The second-order valence-corrected chi connectivity index (χ2v) is 2.99. The Bertz CT molecular complexity index is 116. The lowest BCUT2D eigenvalue weighted by molar-refractivity contribution is 0.145. The highest BCUT2D eigenvalue weighted by Gasteiger charge is 2.38. The number of halogens is 1. The van der Waals surface area contributed by atoms with Gasteiger partial charge in [0.1, 0.15) is 5.67 Å². The molecule has 0 amide bonds. The van der Waals surface area contributed by atoms with Crippen LogP contribution >= 0.6 is 12.2 Å². The van der Waals surface area contributed by atoms with E-state index in [2.05, 4.69) is 0 Å². The average molecular weight is 132 g/mol. The molecule has 0 radical (unpaired) electrons. The molecule has 46 valence electrons. The summed E-state index contributed by atoms with van der Waals surface area (Å²) in [5, 5.41) is 0. The standard InChI is InChI=1S/C6H9FS/c1-5(8)6(7)3-2-4-6/h2-4H2,1H3. The summed E-state index contributed by atoms with van der Waals surface area (Å²) in [5.41, 5.74) is -1.05. The van der Waals surface area contributed by atoms with Crippen LogP contribution in [0.4, 0.5) is 4.39 Å². The first kappa shape index (κ1) is 6.14. The second kappa shape index (κ2) is 1.76. The number of hydrogen-bond acceptors (Lipinski definition) is 1. The normalized spacial score (nSPS) is 24.2. The molecule has 1 aliphatic rings. The van der Waals surface area contributed by atoms with Gasteiger partial charge < -0.3 is 0 Å². The Morgan fingerprint density at radius 2 is 2.12 bits per heavy atom. The fourth-order valence-electron chi connectivity index (χ4n) is 0.839. The van der Waals surface area contributed by atoms with Crippen molar-refractivity contribution in [1.82, 2.24) is 0 Å². The van der Waals surface area contributed by atoms with E-state index in [1.165, 1.54) is 0 Å². The highest BCUT2D eigenvalue weighted by Crippen LogP contribution is 2.36. The Hall–Kier alpha value is 0.0200. The molecular weight excluding hydrogens is 123 g/mol. The monoisotopic (exact) mass is 132 g/mol. The van der Waals surface area contributed by atoms with Crippen LogP contribution in [0.25, 0.3) is 0 Å². The van der Waals surface area contributed by atoms with Gasteiger partial charge in [0.2, 0.25) is 0 Å². The van der Waals surface area contributed by atoms with Crippen molar-refractivity contribution in [3.63, 3.8) is 0 Å². The van der Waals surface area contributed by atoms with Crippen LogP contribution in [0.15, 0.2) is 0 Å². The molecule has 0 nitrogen and oxygen atoms in total. The lowest BCUT2D eigenvalue weighted by atomic mass is 9.80. The summed E-state index contributed by atoms with van der Waals surface area (Å²) in [6.07, 6.45) is 2.31. The van der Waals surface area contributed by atoms with E-state index in [1.54, 1.807) is 6.92 Å². The first-order valence-corrected chi connectivity index (χ1v) is 3.26. The third-order valence-electron chi connectivity index (χ3n) is 1.78. The molecule has 0 saturated heterocycles. The molecule has 1 saturated carbocycles. The zero-order valence-electron chi connectivity index (χ0n) is 4.91. The van der Waals surface area contributed by atoms with Gasteiger partial charge in [-0.1, -0.05) is 12.2 Å². The fourth-order valence-corrected chi connectivity index (χ4v) is 1.04. The Labute approximate surface area is 54.1 Å². The number of thiocarbonyl (C=S) groups is 1. The predicted molar refractivity (Wildman–Crippen MR) is 36.0 cm³/mol. The Balaban J connectivity index is 2.53. The molecule has 0 heterocycles. The molecule has 0 spiro atoms. The lowest BCUT2D eigenvalue weighted by Gasteiger charge is -2.32. The molecule has 0 aromatic heterocycles. The van der Waals surface area contributed by atoms with Crippen molar-refractivity contribution in [3.8, 4) is 0 Å². The zero-order chi connectivity index (χ0) is 6.20. The predicted octanol–water partition coefficient (Wildman–Crippen LogP) is 2.27. The van der Waals surface area contributed by atoms with Crippen LogP contribution in [-0.4, -0.2) is 10.5 Å². The summed E-state index contributed by atoms with van der Waals surface area (Å²) >= 11 is 4.71. The van der Waals surface area contributed by atoms with Gasteiger partial charge in [-0.2, -0.15) is 0 Å². The van der Waals surface area contributed by atoms with Gasteiger partial charge in [-0.3, -0.25) is 0 Å². The van der Waals surface area contributed by atoms with Crippen molar-refractivity contribution < 1.29 is 4.39 Å². The summed E-state index contributed by atoms with van der Waals surface area (Å²) in [6, 6.07) is 0. The van der Waals surface area contributed by atoms with E-state index in [-0.39, 0.29) is 0 Å². The maximum Gasteiger partial charge on any atom is 0.141 e. The first-order chi connectivity index (χ1) is 3.65. The second-order valence-electron chi connectivity index (χ2n) is 2.38. The van der Waals surface area contributed by atoms with Crippen molar-refractivity contribution >= 4 is 17.1 Å². The average Bonchev–Trinajstić information content (AvgIpc) is 1.60. The van der Waals surface area contributed by atoms with E-state index < -0.39 is 5.67 Å². The van der Waals surface area contributed by atoms with Crippen LogP contribution in [0.5, 0.6) is 0 Å². The summed E-state index contributed by atoms with van der Waals surface area (Å²) in [5.74, 6) is 0. The summed E-state index contributed by atoms with van der Waals surface area (Å²) in [4.78, 5) is 0.531. The van der Waals surface area contributed by atoms with Gasteiger partial charge in [-0.25, -0.2) is 4.39 Å². The lowest BCUT2D eigenvalue weighted by Crippen LogP contribution is -2.37. The van der Waals surface area contributed by atoms with E-state index in [9.17, 15) is 4.39 Å². The van der Waals surface area contributed by atoms with E-state index in [1.807, 2.05) is 0 Å². The van der Waals surface area contributed by atoms with Crippen molar-refractivity contribution in [2.45, 2.75) is 31.9 Å². The quantitative estimate of drug-likeness (QED) is 0.493. The van der Waals surface area contributed by atoms with E-state index in [0.717, 1.165) is 6.42 Å². The molecule has 0 N–H and O–H groups in total. The van der Waals surface area contributed by atoms with Crippen LogP contribution < -0.4 is 0 Å². The van der Waals surface area contributed by atoms with Crippen LogP contribution in [0.2, 0.25) is 0 Å². The van der Waals surface area contributed by atoms with Crippen molar-refractivity contribution in [1.29, 1.82) is 0 Å². The molecule has 1 rings (SSSR count). The van der Waals surface area contributed by atoms with Crippen molar-refractivity contribution in [2.24, 2.45) is 0 Å². The highest BCUT2D eigenvalue weighted by molar-refractivity contribution is 7.80. The van der Waals surface area contributed by atoms with Gasteiger partial charge in [-0.05, 0) is 26.2 Å².